The molecule has 1 unspecified atom stereocenters. The lowest BCUT2D eigenvalue weighted by Crippen LogP contribution is -2.44. The van der Waals surface area contributed by atoms with Gasteiger partial charge < -0.3 is 20.3 Å². The van der Waals surface area contributed by atoms with E-state index in [0.29, 0.717) is 6.54 Å². The molecule has 1 fully saturated rings. The van der Waals surface area contributed by atoms with Crippen molar-refractivity contribution < 1.29 is 14.9 Å². The third-order valence-electron chi connectivity index (χ3n) is 2.82. The molecule has 3 N–H and O–H groups in total. The summed E-state index contributed by atoms with van der Waals surface area (Å²) in [7, 11) is 0. The van der Waals surface area contributed by atoms with Crippen LogP contribution in [-0.2, 0) is 4.74 Å². The first-order valence-corrected chi connectivity index (χ1v) is 7.86. The number of nitrogens with one attached hydrogen (secondary N) is 1. The van der Waals surface area contributed by atoms with Crippen LogP contribution in [0.3, 0.4) is 0 Å². The highest BCUT2D eigenvalue weighted by molar-refractivity contribution is 7.99. The smallest absolute Gasteiger partial charge is 0.0791 e. The summed E-state index contributed by atoms with van der Waals surface area (Å²) in [5, 5.41) is 21.7. The fourth-order valence-corrected chi connectivity index (χ4v) is 2.65. The number of thioether (sulfide) groups is 1. The standard InChI is InChI=1S/C12H26N2O3S/c15-5-1-8-18-9-2-13-10-12(16)11-14-3-6-17-7-4-14/h12-13,15-16H,1-11H2. The first-order chi connectivity index (χ1) is 8.83. The van der Waals surface area contributed by atoms with Gasteiger partial charge in [0.05, 0.1) is 19.3 Å². The van der Waals surface area contributed by atoms with Crippen LogP contribution in [0.4, 0.5) is 0 Å². The summed E-state index contributed by atoms with van der Waals surface area (Å²) in [5.74, 6) is 2.04. The molecule has 1 heterocycles. The number of hydrogen-bond donors (Lipinski definition) is 3. The molecule has 0 radical (unpaired) electrons. The highest BCUT2D eigenvalue weighted by Gasteiger charge is 2.14. The van der Waals surface area contributed by atoms with Gasteiger partial charge in [-0.1, -0.05) is 0 Å². The molecule has 0 aliphatic carbocycles. The van der Waals surface area contributed by atoms with Crippen LogP contribution in [0.5, 0.6) is 0 Å². The molecule has 0 spiro atoms. The molecule has 0 bridgehead atoms. The van der Waals surface area contributed by atoms with Gasteiger partial charge in [0.15, 0.2) is 0 Å². The van der Waals surface area contributed by atoms with Crippen molar-refractivity contribution in [2.24, 2.45) is 0 Å². The Hall–Kier alpha value is 0.150. The number of hydrogen-bond acceptors (Lipinski definition) is 6. The molecular formula is C12H26N2O3S. The number of aliphatic hydroxyl groups excluding tert-OH is 2. The summed E-state index contributed by atoms with van der Waals surface area (Å²) in [6.07, 6.45) is 0.565. The summed E-state index contributed by atoms with van der Waals surface area (Å²) >= 11 is 1.83. The number of morpholine rings is 1. The van der Waals surface area contributed by atoms with E-state index in [1.54, 1.807) is 0 Å². The predicted molar refractivity (Wildman–Crippen MR) is 75.2 cm³/mol. The molecule has 0 saturated carbocycles. The highest BCUT2D eigenvalue weighted by atomic mass is 32.2. The van der Waals surface area contributed by atoms with Gasteiger partial charge in [-0.3, -0.25) is 4.90 Å². The van der Waals surface area contributed by atoms with Crippen molar-refractivity contribution >= 4 is 11.8 Å². The van der Waals surface area contributed by atoms with E-state index >= 15 is 0 Å². The summed E-state index contributed by atoms with van der Waals surface area (Å²) in [4.78, 5) is 2.24. The molecule has 1 aliphatic heterocycles. The van der Waals surface area contributed by atoms with Crippen molar-refractivity contribution in [3.8, 4) is 0 Å². The quantitative estimate of drug-likeness (QED) is 0.463. The monoisotopic (exact) mass is 278 g/mol. The molecule has 5 nitrogen and oxygen atoms in total. The van der Waals surface area contributed by atoms with Crippen LogP contribution < -0.4 is 5.32 Å². The average Bonchev–Trinajstić information content (AvgIpc) is 2.39. The normalized spacial score (nSPS) is 19.0. The molecule has 6 heteroatoms. The second kappa shape index (κ2) is 11.0. The Morgan fingerprint density at radius 2 is 2.06 bits per heavy atom. The van der Waals surface area contributed by atoms with Crippen LogP contribution in [0.2, 0.25) is 0 Å². The van der Waals surface area contributed by atoms with Gasteiger partial charge in [0, 0.05) is 45.1 Å². The number of ether oxygens (including phenoxy) is 1. The molecular weight excluding hydrogens is 252 g/mol. The molecule has 0 aromatic carbocycles. The van der Waals surface area contributed by atoms with E-state index < -0.39 is 0 Å². The second-order valence-electron chi connectivity index (χ2n) is 4.46. The second-order valence-corrected chi connectivity index (χ2v) is 5.69. The Balaban J connectivity index is 1.88. The molecule has 1 atom stereocenters. The van der Waals surface area contributed by atoms with Crippen molar-refractivity contribution in [2.75, 3.05) is 64.1 Å². The van der Waals surface area contributed by atoms with E-state index in [-0.39, 0.29) is 12.7 Å². The summed E-state index contributed by atoms with van der Waals surface area (Å²) in [6.45, 7) is 5.98. The molecule has 0 aromatic heterocycles. The average molecular weight is 278 g/mol. The topological polar surface area (TPSA) is 65.0 Å². The van der Waals surface area contributed by atoms with Crippen molar-refractivity contribution in [1.29, 1.82) is 0 Å². The zero-order valence-corrected chi connectivity index (χ0v) is 11.8. The number of aliphatic hydroxyl groups is 2. The van der Waals surface area contributed by atoms with Gasteiger partial charge in [-0.2, -0.15) is 11.8 Å². The minimum Gasteiger partial charge on any atom is -0.396 e. The lowest BCUT2D eigenvalue weighted by molar-refractivity contribution is 0.0150. The van der Waals surface area contributed by atoms with Crippen LogP contribution in [0.1, 0.15) is 6.42 Å². The van der Waals surface area contributed by atoms with Crippen molar-refractivity contribution in [3.05, 3.63) is 0 Å². The van der Waals surface area contributed by atoms with E-state index in [1.165, 1.54) is 0 Å². The fraction of sp³-hybridized carbons (Fsp3) is 1.00. The molecule has 108 valence electrons. The minimum absolute atomic E-state index is 0.276. The van der Waals surface area contributed by atoms with Crippen molar-refractivity contribution in [2.45, 2.75) is 12.5 Å². The first-order valence-electron chi connectivity index (χ1n) is 6.70. The number of rotatable bonds is 10. The molecule has 1 saturated heterocycles. The van der Waals surface area contributed by atoms with E-state index in [0.717, 1.165) is 57.3 Å². The summed E-state index contributed by atoms with van der Waals surface area (Å²) in [6, 6.07) is 0. The van der Waals surface area contributed by atoms with E-state index in [4.69, 9.17) is 9.84 Å². The van der Waals surface area contributed by atoms with E-state index in [1.807, 2.05) is 11.8 Å². The Bertz CT molecular complexity index is 192. The fourth-order valence-electron chi connectivity index (χ4n) is 1.83. The lowest BCUT2D eigenvalue weighted by Gasteiger charge is -2.28. The zero-order valence-electron chi connectivity index (χ0n) is 11.0. The maximum atomic E-state index is 9.86. The molecule has 1 rings (SSSR count). The van der Waals surface area contributed by atoms with Gasteiger partial charge in [0.2, 0.25) is 0 Å². The third kappa shape index (κ3) is 8.29. The van der Waals surface area contributed by atoms with Gasteiger partial charge in [0.25, 0.3) is 0 Å². The van der Waals surface area contributed by atoms with Crippen LogP contribution in [0.25, 0.3) is 0 Å². The third-order valence-corrected chi connectivity index (χ3v) is 3.89. The first kappa shape index (κ1) is 16.2. The van der Waals surface area contributed by atoms with E-state index in [2.05, 4.69) is 10.2 Å². The molecule has 0 aromatic rings. The van der Waals surface area contributed by atoms with Crippen LogP contribution >= 0.6 is 11.8 Å². The Morgan fingerprint density at radius 3 is 2.78 bits per heavy atom. The maximum absolute atomic E-state index is 9.86. The Kier molecular flexibility index (Phi) is 9.92. The van der Waals surface area contributed by atoms with Crippen LogP contribution in [0, 0.1) is 0 Å². The highest BCUT2D eigenvalue weighted by Crippen LogP contribution is 2.00. The summed E-state index contributed by atoms with van der Waals surface area (Å²) in [5.41, 5.74) is 0. The van der Waals surface area contributed by atoms with Crippen molar-refractivity contribution in [3.63, 3.8) is 0 Å². The van der Waals surface area contributed by atoms with Gasteiger partial charge in [-0.05, 0) is 12.2 Å². The number of nitrogens with zero attached hydrogens (tertiary/aromatic N) is 1. The lowest BCUT2D eigenvalue weighted by atomic mass is 10.3. The summed E-state index contributed by atoms with van der Waals surface area (Å²) < 4.78 is 5.27. The largest absolute Gasteiger partial charge is 0.396 e. The zero-order chi connectivity index (χ0) is 13.1. The number of β-amino-alcohol motifs (C(OH)–C–C–N with tert-alkyl or cyclic N) is 1. The minimum atomic E-state index is -0.300. The maximum Gasteiger partial charge on any atom is 0.0791 e. The van der Waals surface area contributed by atoms with Crippen molar-refractivity contribution in [1.82, 2.24) is 10.2 Å². The van der Waals surface area contributed by atoms with Gasteiger partial charge >= 0.3 is 0 Å². The van der Waals surface area contributed by atoms with Gasteiger partial charge in [-0.25, -0.2) is 0 Å². The van der Waals surface area contributed by atoms with Gasteiger partial charge in [0.1, 0.15) is 0 Å². The van der Waals surface area contributed by atoms with Gasteiger partial charge in [-0.15, -0.1) is 0 Å². The Morgan fingerprint density at radius 1 is 1.28 bits per heavy atom. The Labute approximate surface area is 114 Å². The van der Waals surface area contributed by atoms with Crippen LogP contribution in [-0.4, -0.2) is 85.3 Å². The molecule has 0 amide bonds. The van der Waals surface area contributed by atoms with E-state index in [9.17, 15) is 5.11 Å². The SMILES string of the molecule is OCCCSCCNCC(O)CN1CCOCC1. The van der Waals surface area contributed by atoms with Crippen LogP contribution in [0.15, 0.2) is 0 Å². The molecule has 1 aliphatic rings. The molecule has 18 heavy (non-hydrogen) atoms. The predicted octanol–water partition coefficient (Wildman–Crippen LogP) is -0.615.